The van der Waals surface area contributed by atoms with E-state index in [2.05, 4.69) is 47.6 Å². The van der Waals surface area contributed by atoms with E-state index in [1.54, 1.807) is 0 Å². The molecular formula is C13H11NSe. The molecule has 1 aliphatic heterocycles. The van der Waals surface area contributed by atoms with Crippen LogP contribution in [0.2, 0.25) is 0 Å². The zero-order chi connectivity index (χ0) is 10.1. The monoisotopic (exact) mass is 261 g/mol. The van der Waals surface area contributed by atoms with Crippen molar-refractivity contribution in [2.45, 2.75) is 12.8 Å². The van der Waals surface area contributed by atoms with Crippen LogP contribution in [0.15, 0.2) is 51.5 Å². The Labute approximate surface area is 95.8 Å². The molecule has 1 aromatic rings. The molecule has 3 rings (SSSR count). The number of aliphatic imine (C=N–C) groups is 1. The van der Waals surface area contributed by atoms with Gasteiger partial charge in [0, 0.05) is 0 Å². The summed E-state index contributed by atoms with van der Waals surface area (Å²) in [6.07, 6.45) is 8.95. The van der Waals surface area contributed by atoms with Gasteiger partial charge in [0.1, 0.15) is 0 Å². The molecule has 0 unspecified atom stereocenters. The quantitative estimate of drug-likeness (QED) is 0.635. The van der Waals surface area contributed by atoms with Crippen molar-refractivity contribution >= 4 is 31.3 Å². The molecule has 2 heteroatoms. The first-order valence-electron chi connectivity index (χ1n) is 5.14. The Morgan fingerprint density at radius 2 is 2.13 bits per heavy atom. The predicted molar refractivity (Wildman–Crippen MR) is 65.4 cm³/mol. The summed E-state index contributed by atoms with van der Waals surface area (Å²) in [7, 11) is 0. The number of hydrogen-bond acceptors (Lipinski definition) is 1. The van der Waals surface area contributed by atoms with Crippen molar-refractivity contribution < 1.29 is 0 Å². The van der Waals surface area contributed by atoms with Crippen LogP contribution in [0.3, 0.4) is 0 Å². The fourth-order valence-corrected chi connectivity index (χ4v) is 4.03. The van der Waals surface area contributed by atoms with Crippen LogP contribution in [-0.4, -0.2) is 21.2 Å². The standard InChI is InChI=1S/C13H11NSe/c1-3-7-12-10(5-1)9-14-11-6-2-4-8-13(11)15-12/h2-4,6-9H,1,5H2. The van der Waals surface area contributed by atoms with Gasteiger partial charge in [-0.1, -0.05) is 0 Å². The third-order valence-electron chi connectivity index (χ3n) is 2.61. The summed E-state index contributed by atoms with van der Waals surface area (Å²) in [5.74, 6) is 0. The summed E-state index contributed by atoms with van der Waals surface area (Å²) >= 11 is 0.430. The molecule has 0 fully saturated rings. The van der Waals surface area contributed by atoms with Crippen molar-refractivity contribution in [1.82, 2.24) is 0 Å². The zero-order valence-electron chi connectivity index (χ0n) is 8.31. The summed E-state index contributed by atoms with van der Waals surface area (Å²) in [4.78, 5) is 4.57. The molecule has 15 heavy (non-hydrogen) atoms. The number of rotatable bonds is 0. The van der Waals surface area contributed by atoms with Crippen LogP contribution in [0, 0.1) is 0 Å². The predicted octanol–water partition coefficient (Wildman–Crippen LogP) is 2.34. The number of para-hydroxylation sites is 1. The van der Waals surface area contributed by atoms with E-state index in [1.165, 1.54) is 14.5 Å². The van der Waals surface area contributed by atoms with Gasteiger partial charge in [-0.3, -0.25) is 0 Å². The Morgan fingerprint density at radius 1 is 1.20 bits per heavy atom. The Kier molecular flexibility index (Phi) is 2.32. The molecule has 0 N–H and O–H groups in total. The van der Waals surface area contributed by atoms with Crippen molar-refractivity contribution in [3.05, 3.63) is 46.5 Å². The molecule has 0 saturated heterocycles. The van der Waals surface area contributed by atoms with Crippen LogP contribution >= 0.6 is 0 Å². The molecular weight excluding hydrogens is 249 g/mol. The summed E-state index contributed by atoms with van der Waals surface area (Å²) in [6.45, 7) is 0. The van der Waals surface area contributed by atoms with E-state index in [4.69, 9.17) is 0 Å². The second-order valence-electron chi connectivity index (χ2n) is 3.66. The van der Waals surface area contributed by atoms with Crippen LogP contribution < -0.4 is 4.46 Å². The Balaban J connectivity index is 2.09. The third kappa shape index (κ3) is 1.71. The van der Waals surface area contributed by atoms with Crippen LogP contribution in [-0.2, 0) is 0 Å². The molecule has 1 aromatic carbocycles. The number of allylic oxidation sites excluding steroid dienone is 4. The fourth-order valence-electron chi connectivity index (χ4n) is 1.80. The van der Waals surface area contributed by atoms with Crippen LogP contribution in [0.25, 0.3) is 0 Å². The van der Waals surface area contributed by atoms with Crippen molar-refractivity contribution in [2.24, 2.45) is 4.99 Å². The van der Waals surface area contributed by atoms with Gasteiger partial charge in [-0.15, -0.1) is 0 Å². The summed E-state index contributed by atoms with van der Waals surface area (Å²) in [5, 5.41) is 0. The molecule has 1 aliphatic carbocycles. The molecule has 0 bridgehead atoms. The van der Waals surface area contributed by atoms with Gasteiger partial charge in [-0.2, -0.15) is 0 Å². The van der Waals surface area contributed by atoms with Gasteiger partial charge in [0.2, 0.25) is 0 Å². The van der Waals surface area contributed by atoms with Gasteiger partial charge in [0.05, 0.1) is 0 Å². The van der Waals surface area contributed by atoms with E-state index in [1.807, 2.05) is 0 Å². The van der Waals surface area contributed by atoms with Crippen molar-refractivity contribution in [1.29, 1.82) is 0 Å². The number of benzene rings is 1. The summed E-state index contributed by atoms with van der Waals surface area (Å²) in [5.41, 5.74) is 2.59. The minimum atomic E-state index is 0.430. The molecule has 2 aliphatic rings. The maximum absolute atomic E-state index is 4.57. The minimum absolute atomic E-state index is 0.430. The normalized spacial score (nSPS) is 18.4. The summed E-state index contributed by atoms with van der Waals surface area (Å²) in [6, 6.07) is 8.47. The molecule has 1 heterocycles. The van der Waals surface area contributed by atoms with E-state index < -0.39 is 0 Å². The van der Waals surface area contributed by atoms with Gasteiger partial charge in [-0.25, -0.2) is 0 Å². The Morgan fingerprint density at radius 3 is 3.13 bits per heavy atom. The SMILES string of the molecule is C1=CC2=C(C=Nc3ccccc3[Se]2)CC1. The van der Waals surface area contributed by atoms with Crippen LogP contribution in [0.1, 0.15) is 12.8 Å². The van der Waals surface area contributed by atoms with Gasteiger partial charge in [-0.05, 0) is 0 Å². The first-order chi connectivity index (χ1) is 7.43. The Hall–Kier alpha value is -1.11. The average Bonchev–Trinajstić information content (AvgIpc) is 2.48. The Bertz CT molecular complexity index is 483. The van der Waals surface area contributed by atoms with Gasteiger partial charge in [0.15, 0.2) is 0 Å². The van der Waals surface area contributed by atoms with E-state index in [-0.39, 0.29) is 0 Å². The van der Waals surface area contributed by atoms with Crippen molar-refractivity contribution in [2.75, 3.05) is 0 Å². The number of fused-ring (bicyclic) bond motifs is 1. The topological polar surface area (TPSA) is 12.4 Å². The van der Waals surface area contributed by atoms with Crippen LogP contribution in [0.4, 0.5) is 5.69 Å². The van der Waals surface area contributed by atoms with E-state index in [9.17, 15) is 0 Å². The van der Waals surface area contributed by atoms with E-state index >= 15 is 0 Å². The molecule has 0 saturated carbocycles. The van der Waals surface area contributed by atoms with Crippen molar-refractivity contribution in [3.63, 3.8) is 0 Å². The first-order valence-corrected chi connectivity index (χ1v) is 6.85. The fraction of sp³-hybridized carbons (Fsp3) is 0.154. The first kappa shape index (κ1) is 9.14. The van der Waals surface area contributed by atoms with E-state index in [0.717, 1.165) is 18.5 Å². The van der Waals surface area contributed by atoms with Gasteiger partial charge < -0.3 is 0 Å². The van der Waals surface area contributed by atoms with Gasteiger partial charge in [0.25, 0.3) is 0 Å². The maximum atomic E-state index is 4.57. The number of nitrogens with zero attached hydrogens (tertiary/aromatic N) is 1. The number of hydrogen-bond donors (Lipinski definition) is 0. The summed E-state index contributed by atoms with van der Waals surface area (Å²) < 4.78 is 2.90. The van der Waals surface area contributed by atoms with Gasteiger partial charge >= 0.3 is 95.6 Å². The second kappa shape index (κ2) is 3.80. The molecule has 0 atom stereocenters. The molecule has 0 radical (unpaired) electrons. The zero-order valence-corrected chi connectivity index (χ0v) is 10.0. The van der Waals surface area contributed by atoms with Crippen LogP contribution in [0.5, 0.6) is 0 Å². The molecule has 0 aromatic heterocycles. The average molecular weight is 260 g/mol. The molecule has 1 nitrogen and oxygen atoms in total. The molecule has 74 valence electrons. The third-order valence-corrected chi connectivity index (χ3v) is 5.09. The molecule has 0 spiro atoms. The molecule has 0 amide bonds. The van der Waals surface area contributed by atoms with Crippen molar-refractivity contribution in [3.8, 4) is 0 Å². The second-order valence-corrected chi connectivity index (χ2v) is 5.93. The van der Waals surface area contributed by atoms with E-state index in [0.29, 0.717) is 15.0 Å².